The largest absolute Gasteiger partial charge is 0.356 e. The molecule has 0 unspecified atom stereocenters. The van der Waals surface area contributed by atoms with Crippen LogP contribution in [0, 0.1) is 6.92 Å². The highest BCUT2D eigenvalue weighted by Gasteiger charge is 2.29. The number of aryl methyl sites for hydroxylation is 1. The molecule has 7 heteroatoms. The monoisotopic (exact) mass is 300 g/mol. The van der Waals surface area contributed by atoms with Crippen LogP contribution in [0.4, 0.5) is 4.79 Å². The van der Waals surface area contributed by atoms with Crippen LogP contribution < -0.4 is 5.32 Å². The van der Waals surface area contributed by atoms with Gasteiger partial charge in [-0.15, -0.1) is 0 Å². The molecule has 1 aromatic carbocycles. The maximum atomic E-state index is 12.3. The number of rotatable bonds is 6. The topological polar surface area (TPSA) is 75.7 Å². The van der Waals surface area contributed by atoms with Gasteiger partial charge >= 0.3 is 6.03 Å². The fourth-order valence-corrected chi connectivity index (χ4v) is 2.68. The van der Waals surface area contributed by atoms with E-state index >= 15 is 0 Å². The normalized spacial score (nSPS) is 11.2. The van der Waals surface area contributed by atoms with Crippen molar-refractivity contribution in [2.45, 2.75) is 31.6 Å². The minimum Gasteiger partial charge on any atom is -0.335 e. The van der Waals surface area contributed by atoms with E-state index in [9.17, 15) is 13.2 Å². The number of nitrogens with one attached hydrogen (secondary N) is 1. The lowest BCUT2D eigenvalue weighted by molar-refractivity contribution is -0.0107. The first kappa shape index (κ1) is 16.5. The lowest BCUT2D eigenvalue weighted by Gasteiger charge is -2.19. The minimum atomic E-state index is -4.01. The second kappa shape index (κ2) is 7.25. The first-order valence-electron chi connectivity index (χ1n) is 6.37. The van der Waals surface area contributed by atoms with Gasteiger partial charge in [-0.05, 0) is 25.5 Å². The summed E-state index contributed by atoms with van der Waals surface area (Å²) < 4.78 is 24.9. The SMILES string of the molecule is CCCCNC(=O)N(OC)S(=O)(=O)c1ccc(C)cc1. The average Bonchev–Trinajstić information content (AvgIpc) is 2.40. The Bertz CT molecular complexity index is 540. The van der Waals surface area contributed by atoms with E-state index in [-0.39, 0.29) is 4.90 Å². The predicted molar refractivity (Wildman–Crippen MR) is 75.5 cm³/mol. The van der Waals surface area contributed by atoms with Gasteiger partial charge in [-0.1, -0.05) is 35.5 Å². The van der Waals surface area contributed by atoms with Crippen LogP contribution in [0.3, 0.4) is 0 Å². The van der Waals surface area contributed by atoms with Crippen molar-refractivity contribution < 1.29 is 18.0 Å². The van der Waals surface area contributed by atoms with Crippen molar-refractivity contribution in [2.75, 3.05) is 13.7 Å². The molecule has 0 bridgehead atoms. The smallest absolute Gasteiger partial charge is 0.335 e. The lowest BCUT2D eigenvalue weighted by atomic mass is 10.2. The first-order valence-corrected chi connectivity index (χ1v) is 7.81. The summed E-state index contributed by atoms with van der Waals surface area (Å²) >= 11 is 0. The molecule has 2 amide bonds. The number of urea groups is 1. The van der Waals surface area contributed by atoms with Crippen LogP contribution in [0.2, 0.25) is 0 Å². The van der Waals surface area contributed by atoms with Gasteiger partial charge in [0.2, 0.25) is 0 Å². The highest BCUT2D eigenvalue weighted by Crippen LogP contribution is 2.16. The predicted octanol–water partition coefficient (Wildman–Crippen LogP) is 2.06. The van der Waals surface area contributed by atoms with Crippen molar-refractivity contribution in [3.8, 4) is 0 Å². The Morgan fingerprint density at radius 1 is 1.30 bits per heavy atom. The Balaban J connectivity index is 2.92. The summed E-state index contributed by atoms with van der Waals surface area (Å²) in [5.74, 6) is 0. The van der Waals surface area contributed by atoms with Gasteiger partial charge in [0.1, 0.15) is 0 Å². The Morgan fingerprint density at radius 2 is 1.90 bits per heavy atom. The molecule has 0 fully saturated rings. The summed E-state index contributed by atoms with van der Waals surface area (Å²) in [6.45, 7) is 4.23. The molecule has 0 aliphatic carbocycles. The fourth-order valence-electron chi connectivity index (χ4n) is 1.53. The van der Waals surface area contributed by atoms with Crippen LogP contribution in [0.25, 0.3) is 0 Å². The number of sulfonamides is 1. The van der Waals surface area contributed by atoms with Gasteiger partial charge in [-0.2, -0.15) is 8.42 Å². The third-order valence-corrected chi connectivity index (χ3v) is 4.29. The maximum absolute atomic E-state index is 12.3. The number of hydrogen-bond acceptors (Lipinski definition) is 4. The van der Waals surface area contributed by atoms with Crippen LogP contribution in [0.1, 0.15) is 25.3 Å². The van der Waals surface area contributed by atoms with Crippen molar-refractivity contribution in [3.63, 3.8) is 0 Å². The van der Waals surface area contributed by atoms with Crippen LogP contribution in [-0.2, 0) is 14.9 Å². The number of amides is 2. The van der Waals surface area contributed by atoms with Crippen molar-refractivity contribution >= 4 is 16.1 Å². The molecule has 1 aromatic rings. The van der Waals surface area contributed by atoms with Gasteiger partial charge in [-0.3, -0.25) is 4.84 Å². The second-order valence-electron chi connectivity index (χ2n) is 4.31. The molecule has 1 rings (SSSR count). The van der Waals surface area contributed by atoms with Crippen molar-refractivity contribution in [3.05, 3.63) is 29.8 Å². The van der Waals surface area contributed by atoms with Gasteiger partial charge in [0.05, 0.1) is 12.0 Å². The standard InChI is InChI=1S/C13H20N2O4S/c1-4-5-10-14-13(16)15(19-3)20(17,18)12-8-6-11(2)7-9-12/h6-9H,4-5,10H2,1-3H3,(H,14,16). The van der Waals surface area contributed by atoms with E-state index in [1.807, 2.05) is 13.8 Å². The highest BCUT2D eigenvalue weighted by molar-refractivity contribution is 7.89. The Labute approximate surface area is 119 Å². The Kier molecular flexibility index (Phi) is 5.97. The van der Waals surface area contributed by atoms with Crippen LogP contribution in [-0.4, -0.2) is 32.6 Å². The summed E-state index contributed by atoms with van der Waals surface area (Å²) in [5.41, 5.74) is 0.931. The summed E-state index contributed by atoms with van der Waals surface area (Å²) in [4.78, 5) is 16.6. The number of carbonyl (C=O) groups excluding carboxylic acids is 1. The van der Waals surface area contributed by atoms with E-state index in [0.29, 0.717) is 11.0 Å². The van der Waals surface area contributed by atoms with Gasteiger partial charge in [-0.25, -0.2) is 4.79 Å². The van der Waals surface area contributed by atoms with E-state index < -0.39 is 16.1 Å². The van der Waals surface area contributed by atoms with Crippen molar-refractivity contribution in [1.29, 1.82) is 0 Å². The molecule has 0 aromatic heterocycles. The molecular formula is C13H20N2O4S. The molecule has 112 valence electrons. The van der Waals surface area contributed by atoms with E-state index in [2.05, 4.69) is 5.32 Å². The molecule has 0 saturated heterocycles. The number of carbonyl (C=O) groups is 1. The van der Waals surface area contributed by atoms with Crippen LogP contribution in [0.15, 0.2) is 29.2 Å². The van der Waals surface area contributed by atoms with Gasteiger partial charge in [0.15, 0.2) is 0 Å². The number of hydrogen-bond donors (Lipinski definition) is 1. The van der Waals surface area contributed by atoms with E-state index in [0.717, 1.165) is 25.5 Å². The van der Waals surface area contributed by atoms with Crippen molar-refractivity contribution in [2.24, 2.45) is 0 Å². The molecular weight excluding hydrogens is 280 g/mol. The molecule has 1 N–H and O–H groups in total. The highest BCUT2D eigenvalue weighted by atomic mass is 32.2. The third kappa shape index (κ3) is 3.94. The molecule has 0 atom stereocenters. The minimum absolute atomic E-state index is 0.00981. The quantitative estimate of drug-likeness (QED) is 0.644. The Morgan fingerprint density at radius 3 is 2.40 bits per heavy atom. The second-order valence-corrected chi connectivity index (χ2v) is 6.07. The molecule has 0 radical (unpaired) electrons. The zero-order chi connectivity index (χ0) is 15.2. The van der Waals surface area contributed by atoms with E-state index in [1.165, 1.54) is 12.1 Å². The molecule has 6 nitrogen and oxygen atoms in total. The van der Waals surface area contributed by atoms with Crippen LogP contribution >= 0.6 is 0 Å². The first-order chi connectivity index (χ1) is 9.43. The Hall–Kier alpha value is -1.60. The summed E-state index contributed by atoms with van der Waals surface area (Å²) in [6.07, 6.45) is 1.67. The fraction of sp³-hybridized carbons (Fsp3) is 0.462. The summed E-state index contributed by atoms with van der Waals surface area (Å²) in [7, 11) is -2.86. The van der Waals surface area contributed by atoms with Crippen molar-refractivity contribution in [1.82, 2.24) is 9.79 Å². The summed E-state index contributed by atoms with van der Waals surface area (Å²) in [6, 6.07) is 5.42. The molecule has 20 heavy (non-hydrogen) atoms. The van der Waals surface area contributed by atoms with Gasteiger partial charge < -0.3 is 5.32 Å². The van der Waals surface area contributed by atoms with E-state index in [4.69, 9.17) is 4.84 Å². The number of benzene rings is 1. The van der Waals surface area contributed by atoms with Gasteiger partial charge in [0.25, 0.3) is 10.0 Å². The number of hydroxylamine groups is 1. The lowest BCUT2D eigenvalue weighted by Crippen LogP contribution is -2.43. The molecule has 0 spiro atoms. The summed E-state index contributed by atoms with van der Waals surface area (Å²) in [5, 5.41) is 2.50. The molecule has 0 saturated carbocycles. The molecule has 0 heterocycles. The average molecular weight is 300 g/mol. The van der Waals surface area contributed by atoms with E-state index in [1.54, 1.807) is 12.1 Å². The zero-order valence-electron chi connectivity index (χ0n) is 11.9. The molecule has 0 aliphatic rings. The third-order valence-electron chi connectivity index (χ3n) is 2.68. The maximum Gasteiger partial charge on any atom is 0.356 e. The molecule has 0 aliphatic heterocycles. The zero-order valence-corrected chi connectivity index (χ0v) is 12.7. The number of nitrogens with zero attached hydrogens (tertiary/aromatic N) is 1. The number of unbranched alkanes of at least 4 members (excludes halogenated alkanes) is 1. The van der Waals surface area contributed by atoms with Gasteiger partial charge in [0, 0.05) is 6.54 Å². The van der Waals surface area contributed by atoms with Crippen LogP contribution in [0.5, 0.6) is 0 Å².